The molecule has 2 aromatic heterocycles. The van der Waals surface area contributed by atoms with Crippen molar-refractivity contribution in [2.45, 2.75) is 55.4 Å². The number of hydrogen-bond acceptors (Lipinski definition) is 13. The molecule has 0 bridgehead atoms. The summed E-state index contributed by atoms with van der Waals surface area (Å²) in [4.78, 5) is 64.8. The first-order valence-electron chi connectivity index (χ1n) is 14.6. The predicted molar refractivity (Wildman–Crippen MR) is 167 cm³/mol. The molecule has 13 heteroatoms. The van der Waals surface area contributed by atoms with Crippen LogP contribution >= 0.6 is 0 Å². The number of phenols is 4. The molecule has 47 heavy (non-hydrogen) atoms. The van der Waals surface area contributed by atoms with Gasteiger partial charge in [-0.25, -0.2) is 0 Å². The van der Waals surface area contributed by atoms with Crippen LogP contribution in [0.2, 0.25) is 0 Å². The van der Waals surface area contributed by atoms with E-state index < -0.39 is 58.2 Å². The maximum Gasteiger partial charge on any atom is 0.328 e. The third kappa shape index (κ3) is 5.47. The molecule has 0 atom stereocenters. The molecule has 0 saturated heterocycles. The molecule has 0 spiro atoms. The Balaban J connectivity index is 2.20. The van der Waals surface area contributed by atoms with E-state index >= 15 is 0 Å². The number of ether oxygens (including phenoxy) is 2. The quantitative estimate of drug-likeness (QED) is 0.0735. The number of Topliss-reactive ketones (excluding diaryl/α,β-unsaturated/α-hetero) is 2. The number of benzene rings is 2. The highest BCUT2D eigenvalue weighted by atomic mass is 16.6. The van der Waals surface area contributed by atoms with Crippen LogP contribution in [0.25, 0.3) is 27.5 Å². The third-order valence-corrected chi connectivity index (χ3v) is 7.92. The molecule has 4 aromatic rings. The molecule has 4 N–H and O–H groups in total. The minimum atomic E-state index is -2.07. The van der Waals surface area contributed by atoms with Crippen molar-refractivity contribution in [2.75, 3.05) is 13.2 Å². The number of ketones is 3. The van der Waals surface area contributed by atoms with Gasteiger partial charge in [0.25, 0.3) is 0 Å². The van der Waals surface area contributed by atoms with Crippen LogP contribution in [0.1, 0.15) is 82.2 Å². The van der Waals surface area contributed by atoms with Crippen molar-refractivity contribution in [3.05, 3.63) is 51.0 Å². The fraction of sp³-hybridized carbons (Fsp3) is 0.324. The van der Waals surface area contributed by atoms with Crippen molar-refractivity contribution >= 4 is 56.8 Å². The van der Waals surface area contributed by atoms with Crippen molar-refractivity contribution in [3.63, 3.8) is 0 Å². The monoisotopic (exact) mass is 650 g/mol. The summed E-state index contributed by atoms with van der Waals surface area (Å²) in [6.07, 6.45) is 0.850. The van der Waals surface area contributed by atoms with Crippen LogP contribution in [0.5, 0.6) is 23.0 Å². The van der Waals surface area contributed by atoms with Gasteiger partial charge in [-0.15, -0.1) is 0 Å². The molecule has 2 aromatic carbocycles. The summed E-state index contributed by atoms with van der Waals surface area (Å²) < 4.78 is 22.1. The second kappa shape index (κ2) is 12.7. The van der Waals surface area contributed by atoms with Gasteiger partial charge in [-0.05, 0) is 61.5 Å². The van der Waals surface area contributed by atoms with Crippen LogP contribution in [-0.4, -0.2) is 62.9 Å². The maximum absolute atomic E-state index is 13.8. The van der Waals surface area contributed by atoms with E-state index in [0.29, 0.717) is 0 Å². The van der Waals surface area contributed by atoms with Gasteiger partial charge in [-0.3, -0.25) is 24.0 Å². The summed E-state index contributed by atoms with van der Waals surface area (Å²) in [6, 6.07) is 0. The van der Waals surface area contributed by atoms with Crippen LogP contribution in [-0.2, 0) is 23.9 Å². The van der Waals surface area contributed by atoms with Gasteiger partial charge in [0.1, 0.15) is 45.6 Å². The fourth-order valence-corrected chi connectivity index (χ4v) is 5.55. The van der Waals surface area contributed by atoms with E-state index in [9.17, 15) is 44.4 Å². The number of carbonyl (C=O) groups is 5. The van der Waals surface area contributed by atoms with Gasteiger partial charge in [-0.1, -0.05) is 0 Å². The number of esters is 2. The van der Waals surface area contributed by atoms with Crippen molar-refractivity contribution < 1.29 is 62.7 Å². The molecule has 248 valence electrons. The van der Waals surface area contributed by atoms with Crippen molar-refractivity contribution in [3.8, 4) is 23.0 Å². The van der Waals surface area contributed by atoms with Gasteiger partial charge in [0.05, 0.1) is 29.6 Å². The first kappa shape index (κ1) is 34.3. The lowest BCUT2D eigenvalue weighted by molar-refractivity contribution is -0.163. The Kier molecular flexibility index (Phi) is 9.24. The van der Waals surface area contributed by atoms with Gasteiger partial charge in [0.15, 0.2) is 28.5 Å². The fourth-order valence-electron chi connectivity index (χ4n) is 5.55. The normalized spacial score (nSPS) is 11.3. The van der Waals surface area contributed by atoms with E-state index in [1.807, 2.05) is 0 Å². The lowest BCUT2D eigenvalue weighted by atomic mass is 9.94. The molecule has 0 fully saturated rings. The number of aromatic hydroxyl groups is 4. The summed E-state index contributed by atoms with van der Waals surface area (Å²) in [5, 5.41) is 43.6. The average molecular weight is 651 g/mol. The highest BCUT2D eigenvalue weighted by Gasteiger charge is 2.38. The number of aryl methyl sites for hydroxylation is 2. The molecule has 13 nitrogen and oxygen atoms in total. The number of allylic oxidation sites excluding steroid dienone is 1. The van der Waals surface area contributed by atoms with Crippen molar-refractivity contribution in [1.29, 1.82) is 0 Å². The Morgan fingerprint density at radius 1 is 0.638 bits per heavy atom. The number of phenolic OH excluding ortho intramolecular Hbond substituents is 4. The first-order chi connectivity index (χ1) is 22.0. The molecule has 0 aliphatic heterocycles. The smallest absolute Gasteiger partial charge is 0.328 e. The Morgan fingerprint density at radius 3 is 1.32 bits per heavy atom. The second-order valence-electron chi connectivity index (χ2n) is 10.9. The van der Waals surface area contributed by atoms with Crippen molar-refractivity contribution in [2.24, 2.45) is 5.92 Å². The first-order valence-corrected chi connectivity index (χ1v) is 14.6. The molecule has 0 aliphatic rings. The van der Waals surface area contributed by atoms with E-state index in [-0.39, 0.29) is 85.6 Å². The average Bonchev–Trinajstić information content (AvgIpc) is 3.50. The maximum atomic E-state index is 13.8. The summed E-state index contributed by atoms with van der Waals surface area (Å²) in [5.41, 5.74) is -0.960. The molecule has 4 rings (SSSR count). The standard InChI is InChI=1S/C34H34O13/c1-9-44-33(42)24(34(43)45-10-2)19(37)11-18(29-12(3)20-25(38)14(5)27(40)22(16(7)35)31(20)46-29)30-13(4)21-26(39)15(6)28(41)23(17(8)36)32(21)47-30/h11,24,38-41H,9-10H2,1-8H3. The zero-order chi connectivity index (χ0) is 35.2. The minimum Gasteiger partial charge on any atom is -0.507 e. The summed E-state index contributed by atoms with van der Waals surface area (Å²) in [7, 11) is 0. The summed E-state index contributed by atoms with van der Waals surface area (Å²) in [6.45, 7) is 10.7. The summed E-state index contributed by atoms with van der Waals surface area (Å²) in [5.74, 6) is -9.10. The van der Waals surface area contributed by atoms with E-state index in [0.717, 1.165) is 6.08 Å². The van der Waals surface area contributed by atoms with E-state index in [2.05, 4.69) is 0 Å². The van der Waals surface area contributed by atoms with Gasteiger partial charge in [0, 0.05) is 22.3 Å². The Bertz CT molecular complexity index is 1920. The molecular formula is C34H34O13. The van der Waals surface area contributed by atoms with Gasteiger partial charge < -0.3 is 38.7 Å². The van der Waals surface area contributed by atoms with Crippen LogP contribution in [0.4, 0.5) is 0 Å². The SMILES string of the molecule is CCOC(=O)C(C(=O)C=C(c1oc2c(C(C)=O)c(O)c(C)c(O)c2c1C)c1oc2c(C(C)=O)c(O)c(C)c(O)c2c1C)C(=O)OCC. The van der Waals surface area contributed by atoms with E-state index in [1.165, 1.54) is 55.4 Å². The number of hydrogen-bond donors (Lipinski definition) is 4. The van der Waals surface area contributed by atoms with Crippen LogP contribution in [0, 0.1) is 33.6 Å². The highest BCUT2D eigenvalue weighted by Crippen LogP contribution is 2.49. The largest absolute Gasteiger partial charge is 0.507 e. The zero-order valence-electron chi connectivity index (χ0n) is 27.0. The van der Waals surface area contributed by atoms with Gasteiger partial charge in [-0.2, -0.15) is 0 Å². The topological polar surface area (TPSA) is 211 Å². The molecular weight excluding hydrogens is 616 g/mol. The van der Waals surface area contributed by atoms with E-state index in [1.54, 1.807) is 0 Å². The Hall–Kier alpha value is -5.59. The second-order valence-corrected chi connectivity index (χ2v) is 10.9. The molecule has 2 heterocycles. The molecule has 0 unspecified atom stereocenters. The molecule has 0 saturated carbocycles. The van der Waals surface area contributed by atoms with Crippen molar-refractivity contribution in [1.82, 2.24) is 0 Å². The van der Waals surface area contributed by atoms with E-state index in [4.69, 9.17) is 18.3 Å². The minimum absolute atomic E-state index is 0.0145. The summed E-state index contributed by atoms with van der Waals surface area (Å²) >= 11 is 0. The van der Waals surface area contributed by atoms with Crippen LogP contribution in [0.15, 0.2) is 14.9 Å². The Morgan fingerprint density at radius 2 is 1.00 bits per heavy atom. The number of fused-ring (bicyclic) bond motifs is 2. The molecule has 0 amide bonds. The zero-order valence-corrected chi connectivity index (χ0v) is 27.0. The predicted octanol–water partition coefficient (Wildman–Crippen LogP) is 5.38. The highest BCUT2D eigenvalue weighted by molar-refractivity contribution is 6.21. The van der Waals surface area contributed by atoms with Gasteiger partial charge in [0.2, 0.25) is 5.92 Å². The lowest BCUT2D eigenvalue weighted by Crippen LogP contribution is -2.34. The van der Waals surface area contributed by atoms with Crippen LogP contribution < -0.4 is 0 Å². The number of furan rings is 2. The number of carbonyl (C=O) groups excluding carboxylic acids is 5. The van der Waals surface area contributed by atoms with Crippen LogP contribution in [0.3, 0.4) is 0 Å². The lowest BCUT2D eigenvalue weighted by Gasteiger charge is -2.12. The Labute approximate surface area is 268 Å². The van der Waals surface area contributed by atoms with Gasteiger partial charge >= 0.3 is 11.9 Å². The molecule has 0 aliphatic carbocycles. The molecule has 0 radical (unpaired) electrons. The number of rotatable bonds is 10. The third-order valence-electron chi connectivity index (χ3n) is 7.92.